The van der Waals surface area contributed by atoms with E-state index >= 15 is 0 Å². The van der Waals surface area contributed by atoms with Gasteiger partial charge in [-0.15, -0.1) is 0 Å². The average Bonchev–Trinajstić information content (AvgIpc) is 2.78. The molecule has 0 aliphatic rings. The van der Waals surface area contributed by atoms with Gasteiger partial charge in [0.25, 0.3) is 0 Å². The Morgan fingerprint density at radius 3 is 2.00 bits per heavy atom. The predicted octanol–water partition coefficient (Wildman–Crippen LogP) is -0.0330. The Balaban J connectivity index is 0. The molecule has 0 fully saturated rings. The SMILES string of the molecule is CCCCN.NCCCCCN(CC(=O)NC(CCCCN)COC(N)=O)C(=O)OCCN. The summed E-state index contributed by atoms with van der Waals surface area (Å²) in [7, 11) is 0. The van der Waals surface area contributed by atoms with Crippen LogP contribution in [0.3, 0.4) is 0 Å². The minimum absolute atomic E-state index is 0.0419. The maximum absolute atomic E-state index is 12.4. The van der Waals surface area contributed by atoms with E-state index in [1.807, 2.05) is 0 Å². The first kappa shape index (κ1) is 33.0. The van der Waals surface area contributed by atoms with E-state index in [0.717, 1.165) is 32.2 Å². The minimum Gasteiger partial charge on any atom is -0.448 e. The molecule has 0 spiro atoms. The highest BCUT2D eigenvalue weighted by Gasteiger charge is 2.21. The lowest BCUT2D eigenvalue weighted by molar-refractivity contribution is -0.123. The number of rotatable bonds is 18. The molecule has 0 aromatic heterocycles. The van der Waals surface area contributed by atoms with E-state index in [9.17, 15) is 14.4 Å². The van der Waals surface area contributed by atoms with Gasteiger partial charge in [0, 0.05) is 13.1 Å². The first-order chi connectivity index (χ1) is 15.9. The molecule has 33 heavy (non-hydrogen) atoms. The lowest BCUT2D eigenvalue weighted by atomic mass is 10.1. The molecule has 0 saturated heterocycles. The highest BCUT2D eigenvalue weighted by atomic mass is 16.6. The van der Waals surface area contributed by atoms with E-state index in [2.05, 4.69) is 12.2 Å². The number of carbonyl (C=O) groups excluding carboxylic acids is 3. The second-order valence-corrected chi connectivity index (χ2v) is 7.50. The predicted molar refractivity (Wildman–Crippen MR) is 129 cm³/mol. The number of nitrogens with two attached hydrogens (primary N) is 5. The van der Waals surface area contributed by atoms with Crippen LogP contribution in [0, 0.1) is 0 Å². The molecule has 0 aliphatic heterocycles. The molecule has 12 nitrogen and oxygen atoms in total. The molecule has 0 aliphatic carbocycles. The third kappa shape index (κ3) is 22.8. The van der Waals surface area contributed by atoms with Gasteiger partial charge in [-0.3, -0.25) is 9.69 Å². The van der Waals surface area contributed by atoms with E-state index in [1.54, 1.807) is 0 Å². The normalized spacial score (nSPS) is 11.1. The fourth-order valence-corrected chi connectivity index (χ4v) is 2.66. The van der Waals surface area contributed by atoms with Crippen LogP contribution in [0.2, 0.25) is 0 Å². The molecule has 1 unspecified atom stereocenters. The first-order valence-electron chi connectivity index (χ1n) is 11.8. The number of hydrogen-bond donors (Lipinski definition) is 6. The Morgan fingerprint density at radius 1 is 0.848 bits per heavy atom. The molecule has 11 N–H and O–H groups in total. The van der Waals surface area contributed by atoms with Gasteiger partial charge >= 0.3 is 12.2 Å². The van der Waals surface area contributed by atoms with E-state index in [4.69, 9.17) is 38.1 Å². The number of ether oxygens (including phenoxy) is 2. The first-order valence-corrected chi connectivity index (χ1v) is 11.8. The van der Waals surface area contributed by atoms with Gasteiger partial charge in [0.05, 0.1) is 6.04 Å². The van der Waals surface area contributed by atoms with Gasteiger partial charge in [0.2, 0.25) is 5.91 Å². The summed E-state index contributed by atoms with van der Waals surface area (Å²) in [5.74, 6) is -0.380. The maximum Gasteiger partial charge on any atom is 0.410 e. The van der Waals surface area contributed by atoms with Crippen molar-refractivity contribution in [3.8, 4) is 0 Å². The number of carbonyl (C=O) groups is 3. The van der Waals surface area contributed by atoms with Crippen LogP contribution in [0.15, 0.2) is 0 Å². The van der Waals surface area contributed by atoms with Crippen LogP contribution in [-0.4, -0.2) is 81.5 Å². The molecule has 0 aromatic rings. The largest absolute Gasteiger partial charge is 0.448 e. The minimum atomic E-state index is -0.912. The molecule has 0 rings (SSSR count). The second kappa shape index (κ2) is 24.5. The van der Waals surface area contributed by atoms with Crippen LogP contribution < -0.4 is 34.0 Å². The fraction of sp³-hybridized carbons (Fsp3) is 0.857. The number of amides is 3. The number of hydrogen-bond acceptors (Lipinski definition) is 9. The molecule has 3 amide bonds. The van der Waals surface area contributed by atoms with E-state index in [-0.39, 0.29) is 32.2 Å². The molecule has 1 atom stereocenters. The fourth-order valence-electron chi connectivity index (χ4n) is 2.66. The highest BCUT2D eigenvalue weighted by Crippen LogP contribution is 2.04. The van der Waals surface area contributed by atoms with Gasteiger partial charge in [-0.25, -0.2) is 9.59 Å². The highest BCUT2D eigenvalue weighted by molar-refractivity contribution is 5.82. The Hall–Kier alpha value is -2.15. The summed E-state index contributed by atoms with van der Waals surface area (Å²) in [6, 6.07) is -0.411. The van der Waals surface area contributed by atoms with Crippen LogP contribution in [0.25, 0.3) is 0 Å². The van der Waals surface area contributed by atoms with Crippen molar-refractivity contribution in [1.29, 1.82) is 0 Å². The summed E-state index contributed by atoms with van der Waals surface area (Å²) in [6.45, 7) is 4.51. The van der Waals surface area contributed by atoms with Crippen LogP contribution in [0.1, 0.15) is 58.3 Å². The third-order valence-corrected chi connectivity index (χ3v) is 4.42. The van der Waals surface area contributed by atoms with Crippen molar-refractivity contribution in [2.75, 3.05) is 52.5 Å². The smallest absolute Gasteiger partial charge is 0.410 e. The quantitative estimate of drug-likeness (QED) is 0.146. The Morgan fingerprint density at radius 2 is 1.48 bits per heavy atom. The molecule has 0 bridgehead atoms. The van der Waals surface area contributed by atoms with Gasteiger partial charge in [0.1, 0.15) is 19.8 Å². The molecule has 0 heterocycles. The summed E-state index contributed by atoms with van der Waals surface area (Å²) in [5.41, 5.74) is 26.4. The van der Waals surface area contributed by atoms with Crippen molar-refractivity contribution in [1.82, 2.24) is 10.2 Å². The van der Waals surface area contributed by atoms with E-state index in [1.165, 1.54) is 17.7 Å². The maximum atomic E-state index is 12.4. The topological polar surface area (TPSA) is 215 Å². The third-order valence-electron chi connectivity index (χ3n) is 4.42. The summed E-state index contributed by atoms with van der Waals surface area (Å²) in [6.07, 6.45) is 5.37. The lowest BCUT2D eigenvalue weighted by Gasteiger charge is -2.24. The van der Waals surface area contributed by atoms with Crippen LogP contribution in [-0.2, 0) is 14.3 Å². The van der Waals surface area contributed by atoms with E-state index < -0.39 is 18.2 Å². The molecule has 196 valence electrons. The van der Waals surface area contributed by atoms with Gasteiger partial charge in [-0.1, -0.05) is 26.2 Å². The van der Waals surface area contributed by atoms with Crippen molar-refractivity contribution >= 4 is 18.1 Å². The number of primary amides is 1. The van der Waals surface area contributed by atoms with E-state index in [0.29, 0.717) is 32.5 Å². The average molecular weight is 478 g/mol. The zero-order valence-corrected chi connectivity index (χ0v) is 20.3. The van der Waals surface area contributed by atoms with Gasteiger partial charge in [-0.05, 0) is 51.7 Å². The number of nitrogens with one attached hydrogen (secondary N) is 1. The standard InChI is InChI=1S/C17H36N6O5.C4H11N/c18-7-3-1-5-10-23(17(26)27-11-9-20)12-15(24)22-14(6-2-4-8-19)13-28-16(21)25;1-2-3-4-5/h14H,1-13,18-20H2,(H2,21,25)(H,22,24);2-5H2,1H3. The molecular weight excluding hydrogens is 430 g/mol. The van der Waals surface area contributed by atoms with Crippen molar-refractivity contribution in [2.24, 2.45) is 28.7 Å². The lowest BCUT2D eigenvalue weighted by Crippen LogP contribution is -2.46. The Bertz CT molecular complexity index is 496. The molecule has 0 saturated carbocycles. The molecule has 0 aromatic carbocycles. The molecule has 12 heteroatoms. The van der Waals surface area contributed by atoms with Crippen molar-refractivity contribution in [2.45, 2.75) is 64.3 Å². The zero-order valence-electron chi connectivity index (χ0n) is 20.3. The van der Waals surface area contributed by atoms with Crippen molar-refractivity contribution in [3.05, 3.63) is 0 Å². The summed E-state index contributed by atoms with van der Waals surface area (Å²) in [4.78, 5) is 36.7. The summed E-state index contributed by atoms with van der Waals surface area (Å²) in [5, 5.41) is 2.77. The monoisotopic (exact) mass is 477 g/mol. The van der Waals surface area contributed by atoms with Crippen molar-refractivity contribution in [3.63, 3.8) is 0 Å². The molecule has 0 radical (unpaired) electrons. The van der Waals surface area contributed by atoms with Crippen LogP contribution >= 0.6 is 0 Å². The number of nitrogens with zero attached hydrogens (tertiary/aromatic N) is 1. The van der Waals surface area contributed by atoms with Gasteiger partial charge in [-0.2, -0.15) is 0 Å². The van der Waals surface area contributed by atoms with Crippen LogP contribution in [0.5, 0.6) is 0 Å². The summed E-state index contributed by atoms with van der Waals surface area (Å²) < 4.78 is 9.83. The van der Waals surface area contributed by atoms with Crippen LogP contribution in [0.4, 0.5) is 9.59 Å². The van der Waals surface area contributed by atoms with Gasteiger partial charge in [0.15, 0.2) is 0 Å². The van der Waals surface area contributed by atoms with Crippen molar-refractivity contribution < 1.29 is 23.9 Å². The van der Waals surface area contributed by atoms with Gasteiger partial charge < -0.3 is 43.5 Å². The summed E-state index contributed by atoms with van der Waals surface area (Å²) >= 11 is 0. The number of unbranched alkanes of at least 4 members (excludes halogenated alkanes) is 4. The molecular formula is C21H47N7O5. The second-order valence-electron chi connectivity index (χ2n) is 7.50. The zero-order chi connectivity index (χ0) is 25.3. The Kier molecular flexibility index (Phi) is 24.5. The Labute approximate surface area is 198 Å².